The van der Waals surface area contributed by atoms with Gasteiger partial charge >= 0.3 is 0 Å². The summed E-state index contributed by atoms with van der Waals surface area (Å²) in [4.78, 5) is 0. The highest BCUT2D eigenvalue weighted by Crippen LogP contribution is 2.01. The Hall–Kier alpha value is -1.26. The molecule has 1 unspecified atom stereocenters. The second-order valence-electron chi connectivity index (χ2n) is 2.84. The molecule has 0 rings (SSSR count). The van der Waals surface area contributed by atoms with E-state index in [-0.39, 0.29) is 6.61 Å². The highest BCUT2D eigenvalue weighted by atomic mass is 16.5. The summed E-state index contributed by atoms with van der Waals surface area (Å²) in [5.41, 5.74) is 1.33. The number of aliphatic hydroxyl groups excluding tert-OH is 1. The summed E-state index contributed by atoms with van der Waals surface area (Å²) < 4.78 is 0. The van der Waals surface area contributed by atoms with Crippen LogP contribution < -0.4 is 5.48 Å². The van der Waals surface area contributed by atoms with Crippen LogP contribution in [0.25, 0.3) is 0 Å². The van der Waals surface area contributed by atoms with Crippen LogP contribution in [0.1, 0.15) is 20.3 Å². The predicted molar refractivity (Wildman–Crippen MR) is 55.4 cm³/mol. The Morgan fingerprint density at radius 3 is 2.64 bits per heavy atom. The van der Waals surface area contributed by atoms with E-state index in [9.17, 15) is 0 Å². The summed E-state index contributed by atoms with van der Waals surface area (Å²) in [6, 6.07) is 0. The second-order valence-corrected chi connectivity index (χ2v) is 2.84. The molecule has 3 heteroatoms. The Morgan fingerprint density at radius 2 is 2.14 bits per heavy atom. The molecule has 0 bridgehead atoms. The number of rotatable bonds is 3. The van der Waals surface area contributed by atoms with Crippen LogP contribution in [0.5, 0.6) is 0 Å². The van der Waals surface area contributed by atoms with E-state index in [2.05, 4.69) is 29.2 Å². The van der Waals surface area contributed by atoms with Gasteiger partial charge in [-0.1, -0.05) is 24.0 Å². The van der Waals surface area contributed by atoms with Crippen LogP contribution in [0.15, 0.2) is 12.2 Å². The van der Waals surface area contributed by atoms with E-state index in [0.29, 0.717) is 6.42 Å². The molecule has 0 saturated heterocycles. The van der Waals surface area contributed by atoms with Crippen LogP contribution in [0.2, 0.25) is 0 Å². The van der Waals surface area contributed by atoms with Gasteiger partial charge in [-0.25, -0.2) is 0 Å². The Balaban J connectivity index is 4.39. The second kappa shape index (κ2) is 7.17. The number of hydrogen-bond acceptors (Lipinski definition) is 3. The number of nitrogens with one attached hydrogen (secondary N) is 1. The van der Waals surface area contributed by atoms with E-state index < -0.39 is 5.54 Å². The standard InChI is InChI=1S/C11H15NO2/c1-3-8-11(2,12-14)9-6-4-5-7-10-13/h3,8,12-14H,7,10H2,1-2H3/b8-3-. The first-order chi connectivity index (χ1) is 6.68. The van der Waals surface area contributed by atoms with Crippen molar-refractivity contribution in [3.05, 3.63) is 12.2 Å². The van der Waals surface area contributed by atoms with Gasteiger partial charge in [0, 0.05) is 6.42 Å². The summed E-state index contributed by atoms with van der Waals surface area (Å²) in [5, 5.41) is 17.3. The van der Waals surface area contributed by atoms with Crippen molar-refractivity contribution in [1.82, 2.24) is 5.48 Å². The number of aliphatic hydroxyl groups is 1. The summed E-state index contributed by atoms with van der Waals surface area (Å²) in [7, 11) is 0. The van der Waals surface area contributed by atoms with Crippen molar-refractivity contribution in [2.75, 3.05) is 6.61 Å². The zero-order chi connectivity index (χ0) is 10.9. The first-order valence-corrected chi connectivity index (χ1v) is 4.34. The third kappa shape index (κ3) is 5.40. The highest BCUT2D eigenvalue weighted by Gasteiger charge is 2.14. The molecule has 0 spiro atoms. The van der Waals surface area contributed by atoms with Crippen molar-refractivity contribution < 1.29 is 10.3 Å². The van der Waals surface area contributed by atoms with Gasteiger partial charge < -0.3 is 10.3 Å². The molecule has 14 heavy (non-hydrogen) atoms. The van der Waals surface area contributed by atoms with Gasteiger partial charge in [-0.15, -0.1) is 0 Å². The lowest BCUT2D eigenvalue weighted by molar-refractivity contribution is 0.123. The molecule has 0 aliphatic rings. The van der Waals surface area contributed by atoms with E-state index in [1.807, 2.05) is 6.92 Å². The fourth-order valence-corrected chi connectivity index (χ4v) is 0.764. The third-order valence-corrected chi connectivity index (χ3v) is 1.44. The molecule has 0 heterocycles. The SMILES string of the molecule is C/C=C\C(C)(C#CC#CCCO)NO. The Labute approximate surface area is 84.8 Å². The van der Waals surface area contributed by atoms with Crippen molar-refractivity contribution in [3.63, 3.8) is 0 Å². The smallest absolute Gasteiger partial charge is 0.119 e. The van der Waals surface area contributed by atoms with Gasteiger partial charge in [0.2, 0.25) is 0 Å². The lowest BCUT2D eigenvalue weighted by Crippen LogP contribution is -2.36. The van der Waals surface area contributed by atoms with E-state index in [1.54, 1.807) is 19.1 Å². The molecule has 3 nitrogen and oxygen atoms in total. The van der Waals surface area contributed by atoms with Crippen molar-refractivity contribution in [1.29, 1.82) is 0 Å². The molecule has 0 aliphatic heterocycles. The van der Waals surface area contributed by atoms with Gasteiger partial charge in [-0.05, 0) is 25.7 Å². The van der Waals surface area contributed by atoms with Crippen LogP contribution in [0.4, 0.5) is 0 Å². The lowest BCUT2D eigenvalue weighted by Gasteiger charge is -2.15. The molecule has 0 aliphatic carbocycles. The predicted octanol–water partition coefficient (Wildman–Crippen LogP) is 0.689. The maximum Gasteiger partial charge on any atom is 0.119 e. The summed E-state index contributed by atoms with van der Waals surface area (Å²) in [5.74, 6) is 10.6. The van der Waals surface area contributed by atoms with Gasteiger partial charge in [0.25, 0.3) is 0 Å². The fourth-order valence-electron chi connectivity index (χ4n) is 0.764. The van der Waals surface area contributed by atoms with Crippen LogP contribution in [0, 0.1) is 23.7 Å². The summed E-state index contributed by atoms with van der Waals surface area (Å²) in [6.07, 6.45) is 3.94. The van der Waals surface area contributed by atoms with Gasteiger partial charge in [0.1, 0.15) is 5.54 Å². The zero-order valence-electron chi connectivity index (χ0n) is 8.46. The molecular weight excluding hydrogens is 178 g/mol. The van der Waals surface area contributed by atoms with Crippen molar-refractivity contribution in [2.24, 2.45) is 0 Å². The Bertz CT molecular complexity index is 301. The monoisotopic (exact) mass is 193 g/mol. The van der Waals surface area contributed by atoms with E-state index in [0.717, 1.165) is 0 Å². The van der Waals surface area contributed by atoms with Gasteiger partial charge in [-0.2, -0.15) is 5.48 Å². The van der Waals surface area contributed by atoms with Gasteiger partial charge in [0.05, 0.1) is 6.61 Å². The van der Waals surface area contributed by atoms with Crippen LogP contribution in [-0.2, 0) is 0 Å². The molecule has 76 valence electrons. The van der Waals surface area contributed by atoms with Crippen molar-refractivity contribution in [2.45, 2.75) is 25.8 Å². The van der Waals surface area contributed by atoms with Crippen molar-refractivity contribution >= 4 is 0 Å². The quantitative estimate of drug-likeness (QED) is 0.351. The average Bonchev–Trinajstić information content (AvgIpc) is 2.18. The third-order valence-electron chi connectivity index (χ3n) is 1.44. The van der Waals surface area contributed by atoms with E-state index >= 15 is 0 Å². The molecule has 0 saturated carbocycles. The molecule has 0 radical (unpaired) electrons. The van der Waals surface area contributed by atoms with E-state index in [4.69, 9.17) is 10.3 Å². The minimum atomic E-state index is -0.761. The first-order valence-electron chi connectivity index (χ1n) is 4.34. The molecule has 1 atom stereocenters. The molecule has 0 aromatic rings. The Morgan fingerprint density at radius 1 is 1.43 bits per heavy atom. The summed E-state index contributed by atoms with van der Waals surface area (Å²) in [6.45, 7) is 3.61. The van der Waals surface area contributed by atoms with Crippen molar-refractivity contribution in [3.8, 4) is 23.7 Å². The Kier molecular flexibility index (Phi) is 6.53. The molecule has 3 N–H and O–H groups in total. The maximum atomic E-state index is 8.83. The minimum absolute atomic E-state index is 0.0407. The van der Waals surface area contributed by atoms with Crippen LogP contribution in [-0.4, -0.2) is 22.5 Å². The zero-order valence-corrected chi connectivity index (χ0v) is 8.46. The fraction of sp³-hybridized carbons (Fsp3) is 0.455. The largest absolute Gasteiger partial charge is 0.395 e. The first kappa shape index (κ1) is 12.7. The van der Waals surface area contributed by atoms with Gasteiger partial charge in [-0.3, -0.25) is 0 Å². The molecular formula is C11H15NO2. The average molecular weight is 193 g/mol. The number of hydrogen-bond donors (Lipinski definition) is 3. The lowest BCUT2D eigenvalue weighted by atomic mass is 10.0. The van der Waals surface area contributed by atoms with Crippen LogP contribution >= 0.6 is 0 Å². The molecule has 0 amide bonds. The number of allylic oxidation sites excluding steroid dienone is 1. The number of hydroxylamine groups is 1. The molecule has 0 fully saturated rings. The molecule has 0 aromatic heterocycles. The van der Waals surface area contributed by atoms with Gasteiger partial charge in [0.15, 0.2) is 0 Å². The topological polar surface area (TPSA) is 52.5 Å². The highest BCUT2D eigenvalue weighted by molar-refractivity contribution is 5.33. The maximum absolute atomic E-state index is 8.83. The van der Waals surface area contributed by atoms with Crippen LogP contribution in [0.3, 0.4) is 0 Å². The van der Waals surface area contributed by atoms with E-state index in [1.165, 1.54) is 0 Å². The summed E-state index contributed by atoms with van der Waals surface area (Å²) >= 11 is 0. The molecule has 0 aromatic carbocycles. The normalized spacial score (nSPS) is 13.7. The minimum Gasteiger partial charge on any atom is -0.395 e.